The molecule has 0 spiro atoms. The summed E-state index contributed by atoms with van der Waals surface area (Å²) in [5.74, 6) is 0.791. The van der Waals surface area contributed by atoms with E-state index >= 15 is 0 Å². The summed E-state index contributed by atoms with van der Waals surface area (Å²) < 4.78 is 5.62. The van der Waals surface area contributed by atoms with Gasteiger partial charge >= 0.3 is 0 Å². The third-order valence-corrected chi connectivity index (χ3v) is 3.80. The molecule has 0 aliphatic carbocycles. The van der Waals surface area contributed by atoms with Gasteiger partial charge in [0, 0.05) is 25.2 Å². The molecule has 0 saturated carbocycles. The molecule has 106 valence electrons. The molecule has 0 amide bonds. The van der Waals surface area contributed by atoms with Gasteiger partial charge in [-0.1, -0.05) is 18.2 Å². The molecule has 4 heteroatoms. The topological polar surface area (TPSA) is 35.9 Å². The number of hydrogen-bond acceptors (Lipinski definition) is 4. The minimum atomic E-state index is -0.518. The standard InChI is InChI=1S/C15H24N2O2/c1-4-19-14-8-6-5-7-12(14)15(18)13-11-16(2)9-10-17(13)3/h5-8,13,15,18H,4,9-11H2,1-3H3. The van der Waals surface area contributed by atoms with Crippen LogP contribution in [0.3, 0.4) is 0 Å². The molecule has 0 bridgehead atoms. The summed E-state index contributed by atoms with van der Waals surface area (Å²) in [4.78, 5) is 4.49. The van der Waals surface area contributed by atoms with Gasteiger partial charge < -0.3 is 14.7 Å². The summed E-state index contributed by atoms with van der Waals surface area (Å²) in [6, 6.07) is 7.89. The van der Waals surface area contributed by atoms with Crippen molar-refractivity contribution in [3.8, 4) is 5.75 Å². The number of aliphatic hydroxyl groups excluding tert-OH is 1. The molecule has 0 radical (unpaired) electrons. The molecule has 2 unspecified atom stereocenters. The summed E-state index contributed by atoms with van der Waals surface area (Å²) in [6.07, 6.45) is -0.518. The maximum Gasteiger partial charge on any atom is 0.125 e. The van der Waals surface area contributed by atoms with Crippen LogP contribution in [-0.4, -0.2) is 61.3 Å². The van der Waals surface area contributed by atoms with E-state index in [0.717, 1.165) is 30.9 Å². The summed E-state index contributed by atoms with van der Waals surface area (Å²) in [5, 5.41) is 10.7. The first kappa shape index (κ1) is 14.3. The molecule has 1 aliphatic heterocycles. The van der Waals surface area contributed by atoms with Crippen molar-refractivity contribution in [3.63, 3.8) is 0 Å². The maximum absolute atomic E-state index is 10.7. The second kappa shape index (κ2) is 6.37. The van der Waals surface area contributed by atoms with Gasteiger partial charge in [0.2, 0.25) is 0 Å². The number of hydrogen-bond donors (Lipinski definition) is 1. The Bertz CT molecular complexity index is 411. The second-order valence-electron chi connectivity index (χ2n) is 5.23. The van der Waals surface area contributed by atoms with E-state index in [9.17, 15) is 5.11 Å². The Labute approximate surface area is 115 Å². The molecular formula is C15H24N2O2. The van der Waals surface area contributed by atoms with Crippen molar-refractivity contribution in [2.45, 2.75) is 19.1 Å². The van der Waals surface area contributed by atoms with Crippen LogP contribution in [0, 0.1) is 0 Å². The van der Waals surface area contributed by atoms with E-state index in [1.807, 2.05) is 31.2 Å². The molecule has 1 N–H and O–H groups in total. The number of piperazine rings is 1. The predicted octanol–water partition coefficient (Wildman–Crippen LogP) is 1.36. The fourth-order valence-electron chi connectivity index (χ4n) is 2.60. The third kappa shape index (κ3) is 3.26. The van der Waals surface area contributed by atoms with Crippen molar-refractivity contribution in [1.29, 1.82) is 0 Å². The lowest BCUT2D eigenvalue weighted by molar-refractivity contribution is 0.0125. The number of ether oxygens (including phenoxy) is 1. The van der Waals surface area contributed by atoms with Crippen molar-refractivity contribution in [3.05, 3.63) is 29.8 Å². The molecule has 1 fully saturated rings. The average Bonchev–Trinajstić information content (AvgIpc) is 2.42. The van der Waals surface area contributed by atoms with Gasteiger partial charge in [-0.3, -0.25) is 4.90 Å². The molecule has 1 aromatic carbocycles. The Kier molecular flexibility index (Phi) is 4.80. The quantitative estimate of drug-likeness (QED) is 0.891. The summed E-state index contributed by atoms with van der Waals surface area (Å²) in [5.41, 5.74) is 0.886. The SMILES string of the molecule is CCOc1ccccc1C(O)C1CN(C)CCN1C. The zero-order valence-corrected chi connectivity index (χ0v) is 12.0. The molecule has 2 atom stereocenters. The lowest BCUT2D eigenvalue weighted by atomic mass is 9.98. The minimum absolute atomic E-state index is 0.111. The average molecular weight is 264 g/mol. The van der Waals surface area contributed by atoms with Gasteiger partial charge in [-0.05, 0) is 27.1 Å². The largest absolute Gasteiger partial charge is 0.493 e. The van der Waals surface area contributed by atoms with Crippen molar-refractivity contribution in [2.24, 2.45) is 0 Å². The highest BCUT2D eigenvalue weighted by Gasteiger charge is 2.30. The van der Waals surface area contributed by atoms with E-state index in [2.05, 4.69) is 23.9 Å². The molecule has 0 aromatic heterocycles. The fraction of sp³-hybridized carbons (Fsp3) is 0.600. The van der Waals surface area contributed by atoms with E-state index in [1.165, 1.54) is 0 Å². The van der Waals surface area contributed by atoms with Crippen molar-refractivity contribution >= 4 is 0 Å². The summed E-state index contributed by atoms with van der Waals surface area (Å²) in [7, 11) is 4.17. The van der Waals surface area contributed by atoms with Gasteiger partial charge in [-0.25, -0.2) is 0 Å². The van der Waals surface area contributed by atoms with Crippen LogP contribution in [0.2, 0.25) is 0 Å². The number of likely N-dealkylation sites (N-methyl/N-ethyl adjacent to an activating group) is 2. The smallest absolute Gasteiger partial charge is 0.125 e. The Morgan fingerprint density at radius 3 is 2.79 bits per heavy atom. The van der Waals surface area contributed by atoms with E-state index < -0.39 is 6.10 Å². The molecule has 1 aliphatic rings. The normalized spacial score (nSPS) is 23.3. The fourth-order valence-corrected chi connectivity index (χ4v) is 2.60. The first-order chi connectivity index (χ1) is 9.13. The highest BCUT2D eigenvalue weighted by Crippen LogP contribution is 2.30. The zero-order chi connectivity index (χ0) is 13.8. The number of benzene rings is 1. The van der Waals surface area contributed by atoms with Gasteiger partial charge in [0.15, 0.2) is 0 Å². The predicted molar refractivity (Wildman–Crippen MR) is 76.5 cm³/mol. The number of aliphatic hydroxyl groups is 1. The van der Waals surface area contributed by atoms with Crippen molar-refractivity contribution < 1.29 is 9.84 Å². The van der Waals surface area contributed by atoms with E-state index in [4.69, 9.17) is 4.74 Å². The molecular weight excluding hydrogens is 240 g/mol. The molecule has 1 saturated heterocycles. The molecule has 4 nitrogen and oxygen atoms in total. The van der Waals surface area contributed by atoms with Gasteiger partial charge in [0.1, 0.15) is 5.75 Å². The van der Waals surface area contributed by atoms with Gasteiger partial charge in [0.05, 0.1) is 18.8 Å². The number of nitrogens with zero attached hydrogens (tertiary/aromatic N) is 2. The second-order valence-corrected chi connectivity index (χ2v) is 5.23. The van der Waals surface area contributed by atoms with Crippen LogP contribution in [0.1, 0.15) is 18.6 Å². The van der Waals surface area contributed by atoms with Crippen LogP contribution in [-0.2, 0) is 0 Å². The Balaban J connectivity index is 2.20. The van der Waals surface area contributed by atoms with E-state index in [1.54, 1.807) is 0 Å². The highest BCUT2D eigenvalue weighted by atomic mass is 16.5. The van der Waals surface area contributed by atoms with Crippen molar-refractivity contribution in [2.75, 3.05) is 40.3 Å². The molecule has 1 aromatic rings. The first-order valence-corrected chi connectivity index (χ1v) is 6.92. The summed E-state index contributed by atoms with van der Waals surface area (Å²) in [6.45, 7) is 5.48. The van der Waals surface area contributed by atoms with Gasteiger partial charge in [-0.15, -0.1) is 0 Å². The summed E-state index contributed by atoms with van der Waals surface area (Å²) >= 11 is 0. The number of rotatable bonds is 4. The molecule has 2 rings (SSSR count). The van der Waals surface area contributed by atoms with Crippen LogP contribution in [0.25, 0.3) is 0 Å². The van der Waals surface area contributed by atoms with Crippen LogP contribution in [0.4, 0.5) is 0 Å². The maximum atomic E-state index is 10.7. The van der Waals surface area contributed by atoms with Crippen molar-refractivity contribution in [1.82, 2.24) is 9.80 Å². The Morgan fingerprint density at radius 1 is 1.32 bits per heavy atom. The van der Waals surface area contributed by atoms with Gasteiger partial charge in [-0.2, -0.15) is 0 Å². The lowest BCUT2D eigenvalue weighted by Gasteiger charge is -2.40. The number of para-hydroxylation sites is 1. The molecule has 1 heterocycles. The highest BCUT2D eigenvalue weighted by molar-refractivity contribution is 5.36. The van der Waals surface area contributed by atoms with Gasteiger partial charge in [0.25, 0.3) is 0 Å². The Morgan fingerprint density at radius 2 is 2.05 bits per heavy atom. The van der Waals surface area contributed by atoms with E-state index in [-0.39, 0.29) is 6.04 Å². The van der Waals surface area contributed by atoms with Crippen LogP contribution in [0.15, 0.2) is 24.3 Å². The van der Waals surface area contributed by atoms with Crippen LogP contribution >= 0.6 is 0 Å². The molecule has 19 heavy (non-hydrogen) atoms. The first-order valence-electron chi connectivity index (χ1n) is 6.92. The Hall–Kier alpha value is -1.10. The van der Waals surface area contributed by atoms with Crippen LogP contribution < -0.4 is 4.74 Å². The van der Waals surface area contributed by atoms with Crippen LogP contribution in [0.5, 0.6) is 5.75 Å². The zero-order valence-electron chi connectivity index (χ0n) is 12.0. The monoisotopic (exact) mass is 264 g/mol. The van der Waals surface area contributed by atoms with E-state index in [0.29, 0.717) is 6.61 Å². The third-order valence-electron chi connectivity index (χ3n) is 3.80. The minimum Gasteiger partial charge on any atom is -0.493 e. The lowest BCUT2D eigenvalue weighted by Crippen LogP contribution is -2.52.